The number of carboxylic acid groups (broad SMARTS) is 1. The van der Waals surface area contributed by atoms with Gasteiger partial charge in [0.15, 0.2) is 0 Å². The number of anilines is 2. The maximum Gasteiger partial charge on any atom is 0.335 e. The van der Waals surface area contributed by atoms with Crippen molar-refractivity contribution in [1.29, 1.82) is 0 Å². The summed E-state index contributed by atoms with van der Waals surface area (Å²) in [6.45, 7) is 9.10. The topological polar surface area (TPSA) is 86.7 Å². The molecule has 2 aromatic rings. The van der Waals surface area contributed by atoms with Gasteiger partial charge in [0.1, 0.15) is 0 Å². The van der Waals surface area contributed by atoms with Gasteiger partial charge in [-0.15, -0.1) is 0 Å². The van der Waals surface area contributed by atoms with E-state index >= 15 is 0 Å². The highest BCUT2D eigenvalue weighted by Crippen LogP contribution is 2.31. The molecule has 0 fully saturated rings. The molecule has 0 heterocycles. The fourth-order valence-corrected chi connectivity index (χ4v) is 4.42. The average molecular weight is 405 g/mol. The van der Waals surface area contributed by atoms with Crippen molar-refractivity contribution in [3.8, 4) is 0 Å². The first-order valence-electron chi connectivity index (χ1n) is 9.42. The number of nitrogens with zero attached hydrogens (tertiary/aromatic N) is 1. The maximum absolute atomic E-state index is 13.1. The first kappa shape index (κ1) is 21.8. The zero-order valence-corrected chi connectivity index (χ0v) is 17.6. The van der Waals surface area contributed by atoms with Gasteiger partial charge < -0.3 is 10.0 Å². The Balaban J connectivity index is 2.53. The summed E-state index contributed by atoms with van der Waals surface area (Å²) in [4.78, 5) is 13.7. The molecule has 0 radical (unpaired) electrons. The lowest BCUT2D eigenvalue weighted by Crippen LogP contribution is -2.26. The summed E-state index contributed by atoms with van der Waals surface area (Å²) in [5.74, 6) is -1.10. The highest BCUT2D eigenvalue weighted by atomic mass is 32.2. The number of unbranched alkanes of at least 4 members (excludes halogenated alkanes) is 1. The van der Waals surface area contributed by atoms with E-state index in [1.165, 1.54) is 12.1 Å². The second kappa shape index (κ2) is 9.10. The lowest BCUT2D eigenvalue weighted by molar-refractivity contribution is 0.0697. The molecule has 0 bridgehead atoms. The van der Waals surface area contributed by atoms with Gasteiger partial charge >= 0.3 is 5.97 Å². The van der Waals surface area contributed by atoms with Crippen LogP contribution in [0.15, 0.2) is 41.3 Å². The molecule has 0 spiro atoms. The Labute approximate surface area is 167 Å². The Morgan fingerprint density at radius 3 is 2.43 bits per heavy atom. The first-order valence-corrected chi connectivity index (χ1v) is 10.9. The number of aromatic carboxylic acids is 1. The summed E-state index contributed by atoms with van der Waals surface area (Å²) >= 11 is 0. The zero-order valence-electron chi connectivity index (χ0n) is 16.8. The van der Waals surface area contributed by atoms with Crippen molar-refractivity contribution in [3.63, 3.8) is 0 Å². The van der Waals surface area contributed by atoms with Crippen molar-refractivity contribution in [3.05, 3.63) is 53.1 Å². The van der Waals surface area contributed by atoms with E-state index in [1.807, 2.05) is 19.9 Å². The van der Waals surface area contributed by atoms with Gasteiger partial charge in [0.2, 0.25) is 0 Å². The molecule has 0 aliphatic heterocycles. The zero-order chi connectivity index (χ0) is 20.9. The number of hydrogen-bond donors (Lipinski definition) is 2. The molecule has 2 aromatic carbocycles. The number of hydrogen-bond acceptors (Lipinski definition) is 4. The molecule has 7 heteroatoms. The van der Waals surface area contributed by atoms with Crippen molar-refractivity contribution < 1.29 is 18.3 Å². The van der Waals surface area contributed by atoms with E-state index in [4.69, 9.17) is 0 Å². The maximum atomic E-state index is 13.1. The fourth-order valence-electron chi connectivity index (χ4n) is 3.02. The Hall–Kier alpha value is -2.54. The minimum Gasteiger partial charge on any atom is -0.478 e. The average Bonchev–Trinajstić information content (AvgIpc) is 2.64. The highest BCUT2D eigenvalue weighted by Gasteiger charge is 2.21. The molecule has 2 rings (SSSR count). The van der Waals surface area contributed by atoms with Gasteiger partial charge in [0, 0.05) is 13.1 Å². The third-order valence-corrected chi connectivity index (χ3v) is 6.13. The summed E-state index contributed by atoms with van der Waals surface area (Å²) < 4.78 is 28.7. The number of aryl methyl sites for hydroxylation is 2. The van der Waals surface area contributed by atoms with Crippen molar-refractivity contribution >= 4 is 27.4 Å². The number of nitrogens with one attached hydrogen (secondary N) is 1. The van der Waals surface area contributed by atoms with E-state index in [0.717, 1.165) is 24.9 Å². The lowest BCUT2D eigenvalue weighted by Gasteiger charge is -2.26. The Bertz CT molecular complexity index is 955. The highest BCUT2D eigenvalue weighted by molar-refractivity contribution is 7.92. The molecular weight excluding hydrogens is 376 g/mol. The number of carbonyl (C=O) groups is 1. The monoisotopic (exact) mass is 404 g/mol. The van der Waals surface area contributed by atoms with Crippen molar-refractivity contribution in [2.75, 3.05) is 22.7 Å². The van der Waals surface area contributed by atoms with Crippen LogP contribution in [0.25, 0.3) is 0 Å². The van der Waals surface area contributed by atoms with E-state index in [2.05, 4.69) is 16.5 Å². The van der Waals surface area contributed by atoms with E-state index in [0.29, 0.717) is 17.8 Å². The fraction of sp³-hybridized carbons (Fsp3) is 0.381. The van der Waals surface area contributed by atoms with Crippen LogP contribution in [0.2, 0.25) is 0 Å². The SMILES string of the molecule is CCCCN(CC)c1ccc(C(=O)O)cc1NS(=O)(=O)c1cc(C)ccc1C. The summed E-state index contributed by atoms with van der Waals surface area (Å²) in [5.41, 5.74) is 2.46. The molecule has 6 nitrogen and oxygen atoms in total. The molecule has 28 heavy (non-hydrogen) atoms. The van der Waals surface area contributed by atoms with Crippen LogP contribution in [0, 0.1) is 13.8 Å². The Morgan fingerprint density at radius 2 is 1.82 bits per heavy atom. The van der Waals surface area contributed by atoms with Crippen LogP contribution in [-0.2, 0) is 10.0 Å². The summed E-state index contributed by atoms with van der Waals surface area (Å²) in [6.07, 6.45) is 1.96. The van der Waals surface area contributed by atoms with Gasteiger partial charge in [-0.1, -0.05) is 25.5 Å². The summed E-state index contributed by atoms with van der Waals surface area (Å²) in [5, 5.41) is 9.34. The number of benzene rings is 2. The van der Waals surface area contributed by atoms with Crippen LogP contribution in [-0.4, -0.2) is 32.6 Å². The molecular formula is C21H28N2O4S. The Kier molecular flexibility index (Phi) is 7.07. The van der Waals surface area contributed by atoms with E-state index in [1.54, 1.807) is 25.1 Å². The molecule has 0 atom stereocenters. The van der Waals surface area contributed by atoms with Gasteiger partial charge in [-0.25, -0.2) is 13.2 Å². The first-order chi connectivity index (χ1) is 13.2. The van der Waals surface area contributed by atoms with Gasteiger partial charge in [-0.2, -0.15) is 0 Å². The van der Waals surface area contributed by atoms with Gasteiger partial charge in [0.05, 0.1) is 21.8 Å². The van der Waals surface area contributed by atoms with Crippen molar-refractivity contribution in [2.45, 2.75) is 45.4 Å². The molecule has 0 saturated carbocycles. The molecule has 0 unspecified atom stereocenters. The van der Waals surface area contributed by atoms with Crippen LogP contribution in [0.4, 0.5) is 11.4 Å². The van der Waals surface area contributed by atoms with E-state index in [-0.39, 0.29) is 16.1 Å². The molecule has 0 aliphatic rings. The van der Waals surface area contributed by atoms with E-state index in [9.17, 15) is 18.3 Å². The molecule has 152 valence electrons. The van der Waals surface area contributed by atoms with Crippen molar-refractivity contribution in [2.24, 2.45) is 0 Å². The summed E-state index contributed by atoms with van der Waals surface area (Å²) in [6, 6.07) is 9.79. The third-order valence-electron chi connectivity index (χ3n) is 4.62. The predicted molar refractivity (Wildman–Crippen MR) is 113 cm³/mol. The van der Waals surface area contributed by atoms with Gasteiger partial charge in [-0.05, 0) is 62.6 Å². The minimum atomic E-state index is -3.86. The van der Waals surface area contributed by atoms with E-state index < -0.39 is 16.0 Å². The second-order valence-corrected chi connectivity index (χ2v) is 8.50. The van der Waals surface area contributed by atoms with Gasteiger partial charge in [-0.3, -0.25) is 4.72 Å². The molecule has 0 amide bonds. The van der Waals surface area contributed by atoms with Crippen molar-refractivity contribution in [1.82, 2.24) is 0 Å². The minimum absolute atomic E-state index is 0.0361. The molecule has 2 N–H and O–H groups in total. The normalized spacial score (nSPS) is 11.3. The number of rotatable bonds is 9. The standard InChI is InChI=1S/C21H28N2O4S/c1-5-7-12-23(6-2)19-11-10-17(21(24)25)14-18(19)22-28(26,27)20-13-15(3)8-9-16(20)4/h8-11,13-14,22H,5-7,12H2,1-4H3,(H,24,25). The second-order valence-electron chi connectivity index (χ2n) is 6.84. The largest absolute Gasteiger partial charge is 0.478 e. The smallest absolute Gasteiger partial charge is 0.335 e. The Morgan fingerprint density at radius 1 is 1.11 bits per heavy atom. The number of carboxylic acids is 1. The van der Waals surface area contributed by atoms with Crippen LogP contribution >= 0.6 is 0 Å². The lowest BCUT2D eigenvalue weighted by atomic mass is 10.1. The molecule has 0 aromatic heterocycles. The predicted octanol–water partition coefficient (Wildman–Crippen LogP) is 4.43. The molecule has 0 saturated heterocycles. The van der Waals surface area contributed by atoms with Crippen LogP contribution in [0.1, 0.15) is 48.2 Å². The molecule has 0 aliphatic carbocycles. The summed E-state index contributed by atoms with van der Waals surface area (Å²) in [7, 11) is -3.86. The number of sulfonamides is 1. The van der Waals surface area contributed by atoms with Crippen LogP contribution in [0.3, 0.4) is 0 Å². The quantitative estimate of drug-likeness (QED) is 0.646. The van der Waals surface area contributed by atoms with Crippen LogP contribution in [0.5, 0.6) is 0 Å². The third kappa shape index (κ3) is 5.04. The van der Waals surface area contributed by atoms with Gasteiger partial charge in [0.25, 0.3) is 10.0 Å². The van der Waals surface area contributed by atoms with Crippen LogP contribution < -0.4 is 9.62 Å².